The summed E-state index contributed by atoms with van der Waals surface area (Å²) in [6, 6.07) is 1.82. The van der Waals surface area contributed by atoms with Crippen molar-refractivity contribution in [3.63, 3.8) is 0 Å². The molecule has 0 saturated carbocycles. The molecule has 2 rings (SSSR count). The van der Waals surface area contributed by atoms with Gasteiger partial charge in [-0.3, -0.25) is 4.79 Å². The van der Waals surface area contributed by atoms with E-state index in [1.165, 1.54) is 0 Å². The van der Waals surface area contributed by atoms with E-state index < -0.39 is 5.60 Å². The largest absolute Gasteiger partial charge is 0.461 e. The Labute approximate surface area is 102 Å². The smallest absolute Gasteiger partial charge is 0.204 e. The van der Waals surface area contributed by atoms with E-state index >= 15 is 0 Å². The van der Waals surface area contributed by atoms with Crippen molar-refractivity contribution < 1.29 is 13.9 Å². The Kier molecular flexibility index (Phi) is 2.69. The lowest BCUT2D eigenvalue weighted by Crippen LogP contribution is -2.33. The summed E-state index contributed by atoms with van der Waals surface area (Å²) in [6.45, 7) is 9.89. The van der Waals surface area contributed by atoms with E-state index in [9.17, 15) is 4.79 Å². The molecule has 1 aromatic heterocycles. The molecule has 0 bridgehead atoms. The van der Waals surface area contributed by atoms with Crippen molar-refractivity contribution in [1.29, 1.82) is 0 Å². The lowest BCUT2D eigenvalue weighted by molar-refractivity contribution is -0.0713. The maximum Gasteiger partial charge on any atom is 0.204 e. The van der Waals surface area contributed by atoms with Crippen LogP contribution in [0.15, 0.2) is 16.7 Å². The molecular formula is C14H20O3. The van der Waals surface area contributed by atoms with Gasteiger partial charge in [0.25, 0.3) is 0 Å². The highest BCUT2D eigenvalue weighted by Crippen LogP contribution is 2.43. The first-order chi connectivity index (χ1) is 7.73. The van der Waals surface area contributed by atoms with E-state index in [2.05, 4.69) is 0 Å². The standard InChI is InChI=1S/C14H20O3/c1-9-6-7-16-12(9)11(15)10-8-13(2,3)17-14(10,4)5/h6-7,10H,8H2,1-5H3. The number of carbonyl (C=O) groups is 1. The molecule has 0 aromatic carbocycles. The molecule has 1 aromatic rings. The molecule has 1 atom stereocenters. The van der Waals surface area contributed by atoms with Gasteiger partial charge >= 0.3 is 0 Å². The van der Waals surface area contributed by atoms with Gasteiger partial charge < -0.3 is 9.15 Å². The van der Waals surface area contributed by atoms with Crippen LogP contribution in [0.5, 0.6) is 0 Å². The van der Waals surface area contributed by atoms with Crippen LogP contribution in [0, 0.1) is 12.8 Å². The van der Waals surface area contributed by atoms with Gasteiger partial charge in [0.05, 0.1) is 23.4 Å². The topological polar surface area (TPSA) is 39.4 Å². The Balaban J connectivity index is 2.30. The van der Waals surface area contributed by atoms with E-state index in [0.29, 0.717) is 5.76 Å². The fraction of sp³-hybridized carbons (Fsp3) is 0.643. The predicted octanol–water partition coefficient (Wildman–Crippen LogP) is 3.36. The highest BCUT2D eigenvalue weighted by Gasteiger charge is 2.50. The highest BCUT2D eigenvalue weighted by molar-refractivity contribution is 5.97. The summed E-state index contributed by atoms with van der Waals surface area (Å²) in [5.41, 5.74) is 0.222. The normalized spacial score (nSPS) is 26.1. The number of hydrogen-bond acceptors (Lipinski definition) is 3. The van der Waals surface area contributed by atoms with Gasteiger partial charge in [0.1, 0.15) is 0 Å². The van der Waals surface area contributed by atoms with Crippen LogP contribution >= 0.6 is 0 Å². The number of hydrogen-bond donors (Lipinski definition) is 0. The second-order valence-corrected chi connectivity index (χ2v) is 6.02. The molecule has 1 fully saturated rings. The van der Waals surface area contributed by atoms with Gasteiger partial charge in [-0.1, -0.05) is 0 Å². The first-order valence-electron chi connectivity index (χ1n) is 6.01. The zero-order valence-electron chi connectivity index (χ0n) is 11.2. The summed E-state index contributed by atoms with van der Waals surface area (Å²) in [6.07, 6.45) is 2.30. The monoisotopic (exact) mass is 236 g/mol. The maximum atomic E-state index is 12.5. The van der Waals surface area contributed by atoms with Gasteiger partial charge in [0, 0.05) is 0 Å². The van der Waals surface area contributed by atoms with Gasteiger partial charge in [-0.15, -0.1) is 0 Å². The van der Waals surface area contributed by atoms with Crippen LogP contribution in [-0.2, 0) is 4.74 Å². The molecular weight excluding hydrogens is 216 g/mol. The summed E-state index contributed by atoms with van der Waals surface area (Å²) in [7, 11) is 0. The molecule has 0 amide bonds. The molecule has 2 heterocycles. The predicted molar refractivity (Wildman–Crippen MR) is 65.1 cm³/mol. The average Bonchev–Trinajstić information content (AvgIpc) is 2.66. The van der Waals surface area contributed by atoms with E-state index in [-0.39, 0.29) is 17.3 Å². The first kappa shape index (κ1) is 12.4. The second kappa shape index (κ2) is 3.70. The van der Waals surface area contributed by atoms with E-state index in [1.54, 1.807) is 6.26 Å². The van der Waals surface area contributed by atoms with Crippen molar-refractivity contribution in [3.05, 3.63) is 23.7 Å². The lowest BCUT2D eigenvalue weighted by atomic mass is 9.83. The zero-order valence-corrected chi connectivity index (χ0v) is 11.2. The molecule has 0 radical (unpaired) electrons. The minimum atomic E-state index is -0.431. The highest BCUT2D eigenvalue weighted by atomic mass is 16.5. The Bertz CT molecular complexity index is 440. The molecule has 94 valence electrons. The molecule has 17 heavy (non-hydrogen) atoms. The molecule has 0 aliphatic carbocycles. The molecule has 1 aliphatic rings. The van der Waals surface area contributed by atoms with Crippen molar-refractivity contribution in [1.82, 2.24) is 0 Å². The molecule has 1 saturated heterocycles. The Morgan fingerprint density at radius 1 is 1.35 bits per heavy atom. The fourth-order valence-corrected chi connectivity index (χ4v) is 2.75. The van der Waals surface area contributed by atoms with Gasteiger partial charge in [0.2, 0.25) is 5.78 Å². The number of furan rings is 1. The van der Waals surface area contributed by atoms with Crippen molar-refractivity contribution >= 4 is 5.78 Å². The first-order valence-corrected chi connectivity index (χ1v) is 6.01. The molecule has 0 N–H and O–H groups in total. The lowest BCUT2D eigenvalue weighted by Gasteiger charge is -2.26. The van der Waals surface area contributed by atoms with Crippen LogP contribution in [-0.4, -0.2) is 17.0 Å². The number of rotatable bonds is 2. The summed E-state index contributed by atoms with van der Waals surface area (Å²) in [5.74, 6) is 0.398. The third-order valence-electron chi connectivity index (χ3n) is 3.48. The van der Waals surface area contributed by atoms with Gasteiger partial charge in [-0.25, -0.2) is 0 Å². The fourth-order valence-electron chi connectivity index (χ4n) is 2.75. The maximum absolute atomic E-state index is 12.5. The summed E-state index contributed by atoms with van der Waals surface area (Å²) >= 11 is 0. The molecule has 3 nitrogen and oxygen atoms in total. The number of ketones is 1. The second-order valence-electron chi connectivity index (χ2n) is 6.02. The van der Waals surface area contributed by atoms with E-state index in [0.717, 1.165) is 12.0 Å². The third-order valence-corrected chi connectivity index (χ3v) is 3.48. The Morgan fingerprint density at radius 3 is 2.41 bits per heavy atom. The number of Topliss-reactive ketones (excluding diaryl/α,β-unsaturated/α-hetero) is 1. The van der Waals surface area contributed by atoms with Crippen LogP contribution in [0.3, 0.4) is 0 Å². The Morgan fingerprint density at radius 2 is 2.00 bits per heavy atom. The quantitative estimate of drug-likeness (QED) is 0.739. The third kappa shape index (κ3) is 2.16. The number of ether oxygens (including phenoxy) is 1. The molecule has 1 aliphatic heterocycles. The summed E-state index contributed by atoms with van der Waals surface area (Å²) in [5, 5.41) is 0. The molecule has 1 unspecified atom stereocenters. The minimum absolute atomic E-state index is 0.0584. The average molecular weight is 236 g/mol. The van der Waals surface area contributed by atoms with Crippen LogP contribution in [0.4, 0.5) is 0 Å². The van der Waals surface area contributed by atoms with Crippen LogP contribution < -0.4 is 0 Å². The molecule has 3 heteroatoms. The Hall–Kier alpha value is -1.09. The van der Waals surface area contributed by atoms with Crippen LogP contribution in [0.1, 0.15) is 50.2 Å². The van der Waals surface area contributed by atoms with Gasteiger partial charge in [-0.05, 0) is 52.7 Å². The van der Waals surface area contributed by atoms with Crippen LogP contribution in [0.2, 0.25) is 0 Å². The van der Waals surface area contributed by atoms with Gasteiger partial charge in [-0.2, -0.15) is 0 Å². The molecule has 0 spiro atoms. The number of aryl methyl sites for hydroxylation is 1. The summed E-state index contributed by atoms with van der Waals surface area (Å²) in [4.78, 5) is 12.5. The van der Waals surface area contributed by atoms with Gasteiger partial charge in [0.15, 0.2) is 5.76 Å². The van der Waals surface area contributed by atoms with Crippen LogP contribution in [0.25, 0.3) is 0 Å². The minimum Gasteiger partial charge on any atom is -0.461 e. The van der Waals surface area contributed by atoms with E-state index in [4.69, 9.17) is 9.15 Å². The zero-order chi connectivity index (χ0) is 12.8. The van der Waals surface area contributed by atoms with Crippen molar-refractivity contribution in [2.24, 2.45) is 5.92 Å². The summed E-state index contributed by atoms with van der Waals surface area (Å²) < 4.78 is 11.2. The van der Waals surface area contributed by atoms with E-state index in [1.807, 2.05) is 40.7 Å². The van der Waals surface area contributed by atoms with Crippen molar-refractivity contribution in [2.45, 2.75) is 52.2 Å². The van der Waals surface area contributed by atoms with Crippen molar-refractivity contribution in [2.75, 3.05) is 0 Å². The van der Waals surface area contributed by atoms with Crippen molar-refractivity contribution in [3.8, 4) is 0 Å². The SMILES string of the molecule is Cc1ccoc1C(=O)C1CC(C)(C)OC1(C)C. The number of carbonyl (C=O) groups excluding carboxylic acids is 1.